The molecule has 0 unspecified atom stereocenters. The third-order valence-electron chi connectivity index (χ3n) is 3.87. The number of sulfone groups is 1. The predicted octanol–water partition coefficient (Wildman–Crippen LogP) is 3.69. The third-order valence-corrected chi connectivity index (χ3v) is 6.22. The number of hydrogen-bond donors (Lipinski definition) is 1. The first-order valence-corrected chi connectivity index (χ1v) is 10.9. The van der Waals surface area contributed by atoms with E-state index in [2.05, 4.69) is 36.0 Å². The molecular weight excluding hydrogens is 486 g/mol. The van der Waals surface area contributed by atoms with Crippen LogP contribution in [0, 0.1) is 5.82 Å². The Morgan fingerprint density at radius 2 is 1.97 bits per heavy atom. The quantitative estimate of drug-likeness (QED) is 0.243. The van der Waals surface area contributed by atoms with E-state index in [0.717, 1.165) is 0 Å². The van der Waals surface area contributed by atoms with Crippen LogP contribution in [0.3, 0.4) is 0 Å². The maximum absolute atomic E-state index is 13.3. The summed E-state index contributed by atoms with van der Waals surface area (Å²) < 4.78 is 78.2. The van der Waals surface area contributed by atoms with Gasteiger partial charge in [0.05, 0.1) is 22.4 Å². The molecule has 0 saturated heterocycles. The molecule has 0 amide bonds. The Morgan fingerprint density at radius 1 is 1.24 bits per heavy atom. The molecule has 0 spiro atoms. The molecule has 7 nitrogen and oxygen atoms in total. The van der Waals surface area contributed by atoms with E-state index in [0.29, 0.717) is 5.56 Å². The van der Waals surface area contributed by atoms with Gasteiger partial charge in [-0.3, -0.25) is 0 Å². The first-order chi connectivity index (χ1) is 13.5. The fourth-order valence-electron chi connectivity index (χ4n) is 2.43. The normalized spacial score (nSPS) is 13.1. The Balaban J connectivity index is 2.01. The lowest BCUT2D eigenvalue weighted by atomic mass is 10.0. The molecule has 0 bridgehead atoms. The Morgan fingerprint density at radius 3 is 2.59 bits per heavy atom. The van der Waals surface area contributed by atoms with Crippen molar-refractivity contribution in [2.24, 2.45) is 5.16 Å². The minimum Gasteiger partial charge on any atom is -0.411 e. The topological polar surface area (TPSA) is 106 Å². The predicted molar refractivity (Wildman–Crippen MR) is 98.1 cm³/mol. The second-order valence-electron chi connectivity index (χ2n) is 6.15. The maximum atomic E-state index is 13.3. The molecular formula is C16H16BrF4N3O4S. The highest BCUT2D eigenvalue weighted by Gasteiger charge is 2.29. The van der Waals surface area contributed by atoms with Gasteiger partial charge >= 0.3 is 6.18 Å². The molecule has 29 heavy (non-hydrogen) atoms. The van der Waals surface area contributed by atoms with Crippen LogP contribution < -0.4 is 0 Å². The van der Waals surface area contributed by atoms with Crippen molar-refractivity contribution in [1.82, 2.24) is 10.3 Å². The van der Waals surface area contributed by atoms with E-state index in [9.17, 15) is 31.2 Å². The van der Waals surface area contributed by atoms with Crippen LogP contribution in [-0.2, 0) is 22.7 Å². The molecule has 1 aromatic heterocycles. The third kappa shape index (κ3) is 7.38. The van der Waals surface area contributed by atoms with Crippen molar-refractivity contribution in [1.29, 1.82) is 0 Å². The van der Waals surface area contributed by atoms with Gasteiger partial charge in [-0.25, -0.2) is 17.4 Å². The second-order valence-corrected chi connectivity index (χ2v) is 9.31. The summed E-state index contributed by atoms with van der Waals surface area (Å²) in [5.41, 5.74) is 0.931. The summed E-state index contributed by atoms with van der Waals surface area (Å²) in [5.74, 6) is -1.92. The largest absolute Gasteiger partial charge is 0.411 e. The van der Waals surface area contributed by atoms with Gasteiger partial charge in [0, 0.05) is 6.42 Å². The molecule has 0 aliphatic carbocycles. The van der Waals surface area contributed by atoms with Crippen molar-refractivity contribution in [2.45, 2.75) is 31.9 Å². The van der Waals surface area contributed by atoms with E-state index in [-0.39, 0.29) is 40.8 Å². The van der Waals surface area contributed by atoms with Gasteiger partial charge < -0.3 is 5.21 Å². The smallest absolute Gasteiger partial charge is 0.390 e. The minimum atomic E-state index is -4.54. The van der Waals surface area contributed by atoms with E-state index in [1.807, 2.05) is 0 Å². The molecule has 0 atom stereocenters. The zero-order valence-electron chi connectivity index (χ0n) is 14.8. The molecule has 2 rings (SSSR count). The molecule has 0 saturated carbocycles. The molecule has 1 N–H and O–H groups in total. The van der Waals surface area contributed by atoms with Crippen molar-refractivity contribution in [3.63, 3.8) is 0 Å². The number of halogens is 5. The fraction of sp³-hybridized carbons (Fsp3) is 0.438. The Labute approximate surface area is 171 Å². The Bertz CT molecular complexity index is 977. The molecule has 13 heteroatoms. The number of aromatic nitrogens is 2. The number of rotatable bonds is 9. The number of hydrogen-bond acceptors (Lipinski definition) is 7. The highest BCUT2D eigenvalue weighted by Crippen LogP contribution is 2.21. The molecule has 0 aliphatic rings. The Hall–Kier alpha value is -2.02. The summed E-state index contributed by atoms with van der Waals surface area (Å²) in [7, 11) is -3.88. The average Bonchev–Trinajstić information content (AvgIpc) is 3.09. The first kappa shape index (κ1) is 23.3. The van der Waals surface area contributed by atoms with E-state index in [4.69, 9.17) is 0 Å². The maximum Gasteiger partial charge on any atom is 0.390 e. The molecule has 1 heterocycles. The van der Waals surface area contributed by atoms with Gasteiger partial charge in [0.15, 0.2) is 15.5 Å². The van der Waals surface area contributed by atoms with Crippen molar-refractivity contribution in [2.75, 3.05) is 11.5 Å². The van der Waals surface area contributed by atoms with Gasteiger partial charge in [-0.15, -0.1) is 0 Å². The summed E-state index contributed by atoms with van der Waals surface area (Å²) in [5, 5.41) is 19.7. The average molecular weight is 502 g/mol. The highest BCUT2D eigenvalue weighted by molar-refractivity contribution is 9.10. The van der Waals surface area contributed by atoms with E-state index < -0.39 is 39.8 Å². The number of aryl methyl sites for hydroxylation is 1. The fourth-order valence-corrected chi connectivity index (χ4v) is 4.19. The molecule has 2 aromatic rings. The number of nitrogens with zero attached hydrogens (tertiary/aromatic N) is 3. The summed E-state index contributed by atoms with van der Waals surface area (Å²) in [4.78, 5) is 0. The molecule has 160 valence electrons. The molecule has 1 aromatic carbocycles. The zero-order valence-corrected chi connectivity index (χ0v) is 17.2. The van der Waals surface area contributed by atoms with Crippen molar-refractivity contribution in [3.8, 4) is 0 Å². The number of benzene rings is 1. The SMILES string of the molecule is O=S(=O)(CCCc1nonc1/C(Cc1ccc(F)c(Br)c1)=N/O)CCC(F)(F)F. The monoisotopic (exact) mass is 501 g/mol. The standard InChI is InChI=1S/C16H16BrF4N3O4S/c17-11-8-10(3-4-12(11)18)9-14(22-25)15-13(23-28-24-15)2-1-6-29(26,27)7-5-16(19,20)21/h3-4,8,25H,1-2,5-7,9H2/b22-14+. The molecule has 0 radical (unpaired) electrons. The van der Waals surface area contributed by atoms with Crippen LogP contribution in [0.25, 0.3) is 0 Å². The van der Waals surface area contributed by atoms with E-state index in [1.54, 1.807) is 0 Å². The molecule has 0 aliphatic heterocycles. The summed E-state index contributed by atoms with van der Waals surface area (Å²) in [6.07, 6.45) is -5.86. The van der Waals surface area contributed by atoms with Gasteiger partial charge in [0.25, 0.3) is 0 Å². The van der Waals surface area contributed by atoms with Crippen LogP contribution >= 0.6 is 15.9 Å². The Kier molecular flexibility index (Phi) is 7.74. The van der Waals surface area contributed by atoms with Crippen LogP contribution in [0.2, 0.25) is 0 Å². The lowest BCUT2D eigenvalue weighted by Gasteiger charge is -2.07. The van der Waals surface area contributed by atoms with Gasteiger partial charge in [0.2, 0.25) is 0 Å². The highest BCUT2D eigenvalue weighted by atomic mass is 79.9. The number of oxime groups is 1. The zero-order chi connectivity index (χ0) is 21.7. The van der Waals surface area contributed by atoms with Crippen molar-refractivity contribution >= 4 is 31.5 Å². The van der Waals surface area contributed by atoms with Crippen LogP contribution in [-0.4, -0.2) is 47.3 Å². The van der Waals surface area contributed by atoms with Crippen LogP contribution in [0.5, 0.6) is 0 Å². The van der Waals surface area contributed by atoms with Crippen LogP contribution in [0.15, 0.2) is 32.5 Å². The van der Waals surface area contributed by atoms with E-state index in [1.165, 1.54) is 18.2 Å². The van der Waals surface area contributed by atoms with Gasteiger partial charge in [-0.2, -0.15) is 13.2 Å². The van der Waals surface area contributed by atoms with E-state index >= 15 is 0 Å². The summed E-state index contributed by atoms with van der Waals surface area (Å²) in [6, 6.07) is 4.19. The summed E-state index contributed by atoms with van der Waals surface area (Å²) in [6.45, 7) is 0. The van der Waals surface area contributed by atoms with Gasteiger partial charge in [0.1, 0.15) is 17.2 Å². The van der Waals surface area contributed by atoms with Crippen molar-refractivity contribution in [3.05, 3.63) is 45.4 Å². The first-order valence-electron chi connectivity index (χ1n) is 8.24. The summed E-state index contributed by atoms with van der Waals surface area (Å²) >= 11 is 3.05. The van der Waals surface area contributed by atoms with Crippen LogP contribution in [0.4, 0.5) is 17.6 Å². The van der Waals surface area contributed by atoms with Crippen LogP contribution in [0.1, 0.15) is 29.8 Å². The lowest BCUT2D eigenvalue weighted by molar-refractivity contribution is -0.129. The van der Waals surface area contributed by atoms with Gasteiger partial charge in [-0.1, -0.05) is 16.4 Å². The van der Waals surface area contributed by atoms with Crippen molar-refractivity contribution < 1.29 is 35.8 Å². The number of alkyl halides is 3. The minimum absolute atomic E-state index is 0.0117. The lowest BCUT2D eigenvalue weighted by Crippen LogP contribution is -2.19. The second kappa shape index (κ2) is 9.65. The molecule has 0 fully saturated rings. The van der Waals surface area contributed by atoms with Gasteiger partial charge in [-0.05, 0) is 51.6 Å².